The molecule has 0 radical (unpaired) electrons. The predicted molar refractivity (Wildman–Crippen MR) is 74.1 cm³/mol. The van der Waals surface area contributed by atoms with Crippen LogP contribution in [-0.4, -0.2) is 41.5 Å². The number of aromatic hydroxyl groups is 1. The van der Waals surface area contributed by atoms with Gasteiger partial charge in [-0.15, -0.1) is 11.6 Å². The van der Waals surface area contributed by atoms with Crippen LogP contribution in [0.1, 0.15) is 29.6 Å². The second-order valence-electron chi connectivity index (χ2n) is 4.69. The average Bonchev–Trinajstić information content (AvgIpc) is 2.47. The van der Waals surface area contributed by atoms with Gasteiger partial charge in [0.2, 0.25) is 0 Å². The van der Waals surface area contributed by atoms with Crippen LogP contribution < -0.4 is 4.74 Å². The van der Waals surface area contributed by atoms with Crippen molar-refractivity contribution in [2.45, 2.75) is 25.3 Å². The second-order valence-corrected chi connectivity index (χ2v) is 4.99. The fourth-order valence-electron chi connectivity index (χ4n) is 2.40. The summed E-state index contributed by atoms with van der Waals surface area (Å²) in [6.07, 6.45) is 2.98. The van der Waals surface area contributed by atoms with Gasteiger partial charge in [0.15, 0.2) is 0 Å². The molecule has 2 rings (SSSR count). The highest BCUT2D eigenvalue weighted by molar-refractivity contribution is 6.18. The lowest BCUT2D eigenvalue weighted by Gasteiger charge is -2.34. The first-order valence-corrected chi connectivity index (χ1v) is 6.94. The van der Waals surface area contributed by atoms with E-state index in [0.29, 0.717) is 18.2 Å². The van der Waals surface area contributed by atoms with Gasteiger partial charge >= 0.3 is 0 Å². The number of methoxy groups -OCH3 is 1. The Kier molecular flexibility index (Phi) is 4.53. The van der Waals surface area contributed by atoms with Crippen LogP contribution in [0.4, 0.5) is 0 Å². The van der Waals surface area contributed by atoms with E-state index in [1.807, 2.05) is 0 Å². The van der Waals surface area contributed by atoms with Crippen LogP contribution in [0, 0.1) is 0 Å². The molecule has 4 nitrogen and oxygen atoms in total. The number of hydrogen-bond donors (Lipinski definition) is 1. The number of piperidine rings is 1. The fourth-order valence-corrected chi connectivity index (χ4v) is 2.72. The number of phenols is 1. The van der Waals surface area contributed by atoms with Crippen molar-refractivity contribution in [3.05, 3.63) is 23.8 Å². The van der Waals surface area contributed by atoms with E-state index in [2.05, 4.69) is 0 Å². The number of carbonyl (C=O) groups is 1. The Labute approximate surface area is 117 Å². The summed E-state index contributed by atoms with van der Waals surface area (Å²) < 4.78 is 5.09. The maximum absolute atomic E-state index is 12.5. The molecule has 5 heteroatoms. The van der Waals surface area contributed by atoms with Gasteiger partial charge < -0.3 is 14.7 Å². The van der Waals surface area contributed by atoms with Gasteiger partial charge in [-0.2, -0.15) is 0 Å². The first-order chi connectivity index (χ1) is 9.17. The second kappa shape index (κ2) is 6.15. The SMILES string of the molecule is COc1ccc(O)c(C(=O)N2CCCCC2CCl)c1. The topological polar surface area (TPSA) is 49.8 Å². The molecule has 0 spiro atoms. The Morgan fingerprint density at radius 3 is 3.00 bits per heavy atom. The van der Waals surface area contributed by atoms with Crippen LogP contribution in [0.5, 0.6) is 11.5 Å². The summed E-state index contributed by atoms with van der Waals surface area (Å²) in [5.74, 6) is 0.781. The van der Waals surface area contributed by atoms with Crippen molar-refractivity contribution >= 4 is 17.5 Å². The molecule has 104 valence electrons. The summed E-state index contributed by atoms with van der Waals surface area (Å²) in [6.45, 7) is 0.687. The lowest BCUT2D eigenvalue weighted by atomic mass is 10.0. The number of alkyl halides is 1. The molecule has 1 aliphatic heterocycles. The Morgan fingerprint density at radius 2 is 2.32 bits per heavy atom. The molecular weight excluding hydrogens is 266 g/mol. The predicted octanol–water partition coefficient (Wildman–Crippen LogP) is 2.63. The van der Waals surface area contributed by atoms with Gasteiger partial charge in [-0.05, 0) is 37.5 Å². The quantitative estimate of drug-likeness (QED) is 0.868. The molecule has 1 amide bonds. The van der Waals surface area contributed by atoms with E-state index in [1.165, 1.54) is 13.2 Å². The number of hydrogen-bond acceptors (Lipinski definition) is 3. The van der Waals surface area contributed by atoms with Gasteiger partial charge in [0, 0.05) is 18.5 Å². The molecule has 1 aliphatic rings. The Bertz CT molecular complexity index is 464. The molecule has 0 aromatic heterocycles. The van der Waals surface area contributed by atoms with Crippen LogP contribution >= 0.6 is 11.6 Å². The minimum atomic E-state index is -0.179. The normalized spacial score (nSPS) is 19.3. The van der Waals surface area contributed by atoms with E-state index in [-0.39, 0.29) is 23.3 Å². The molecule has 1 atom stereocenters. The number of ether oxygens (including phenoxy) is 1. The summed E-state index contributed by atoms with van der Waals surface area (Å²) in [4.78, 5) is 14.3. The minimum absolute atomic E-state index is 0.0234. The summed E-state index contributed by atoms with van der Waals surface area (Å²) >= 11 is 5.92. The maximum atomic E-state index is 12.5. The number of likely N-dealkylation sites (tertiary alicyclic amines) is 1. The number of carbonyl (C=O) groups excluding carboxylic acids is 1. The van der Waals surface area contributed by atoms with Crippen LogP contribution in [0.25, 0.3) is 0 Å². The van der Waals surface area contributed by atoms with Crippen LogP contribution in [0.2, 0.25) is 0 Å². The van der Waals surface area contributed by atoms with Gasteiger partial charge in [0.25, 0.3) is 5.91 Å². The van der Waals surface area contributed by atoms with E-state index < -0.39 is 0 Å². The smallest absolute Gasteiger partial charge is 0.258 e. The van der Waals surface area contributed by atoms with Gasteiger partial charge in [0.1, 0.15) is 11.5 Å². The lowest BCUT2D eigenvalue weighted by molar-refractivity contribution is 0.0635. The van der Waals surface area contributed by atoms with Crippen LogP contribution in [-0.2, 0) is 0 Å². The van der Waals surface area contributed by atoms with Crippen molar-refractivity contribution in [1.82, 2.24) is 4.90 Å². The molecule has 1 aromatic rings. The number of benzene rings is 1. The third-order valence-electron chi connectivity index (χ3n) is 3.50. The lowest BCUT2D eigenvalue weighted by Crippen LogP contribution is -2.44. The fraction of sp³-hybridized carbons (Fsp3) is 0.500. The van der Waals surface area contributed by atoms with Gasteiger partial charge in [-0.25, -0.2) is 0 Å². The Balaban J connectivity index is 2.27. The van der Waals surface area contributed by atoms with E-state index in [1.54, 1.807) is 17.0 Å². The van der Waals surface area contributed by atoms with Crippen molar-refractivity contribution in [2.24, 2.45) is 0 Å². The summed E-state index contributed by atoms with van der Waals surface area (Å²) in [6, 6.07) is 4.72. The first-order valence-electron chi connectivity index (χ1n) is 6.41. The molecular formula is C14H18ClNO3. The highest BCUT2D eigenvalue weighted by Gasteiger charge is 2.28. The third kappa shape index (κ3) is 2.95. The van der Waals surface area contributed by atoms with Gasteiger partial charge in [-0.1, -0.05) is 0 Å². The molecule has 1 saturated heterocycles. The van der Waals surface area contributed by atoms with Crippen molar-refractivity contribution in [1.29, 1.82) is 0 Å². The molecule has 1 fully saturated rings. The van der Waals surface area contributed by atoms with Crippen LogP contribution in [0.15, 0.2) is 18.2 Å². The maximum Gasteiger partial charge on any atom is 0.258 e. The van der Waals surface area contributed by atoms with Crippen molar-refractivity contribution in [3.63, 3.8) is 0 Å². The Morgan fingerprint density at radius 1 is 1.53 bits per heavy atom. The Hall–Kier alpha value is -1.42. The molecule has 0 saturated carbocycles. The number of amides is 1. The summed E-state index contributed by atoms with van der Waals surface area (Å²) in [5.41, 5.74) is 0.274. The zero-order valence-electron chi connectivity index (χ0n) is 10.9. The average molecular weight is 284 g/mol. The minimum Gasteiger partial charge on any atom is -0.507 e. The third-order valence-corrected chi connectivity index (χ3v) is 3.86. The standard InChI is InChI=1S/C14H18ClNO3/c1-19-11-5-6-13(17)12(8-11)14(18)16-7-3-2-4-10(16)9-15/h5-6,8,10,17H,2-4,7,9H2,1H3. The zero-order chi connectivity index (χ0) is 13.8. The van der Waals surface area contributed by atoms with Crippen molar-refractivity contribution in [3.8, 4) is 11.5 Å². The molecule has 1 heterocycles. The number of phenolic OH excluding ortho intramolecular Hbond substituents is 1. The van der Waals surface area contributed by atoms with Crippen LogP contribution in [0.3, 0.4) is 0 Å². The number of rotatable bonds is 3. The van der Waals surface area contributed by atoms with Gasteiger partial charge in [0.05, 0.1) is 12.7 Å². The molecule has 1 aromatic carbocycles. The van der Waals surface area contributed by atoms with Gasteiger partial charge in [-0.3, -0.25) is 4.79 Å². The molecule has 19 heavy (non-hydrogen) atoms. The molecule has 0 aliphatic carbocycles. The van der Waals surface area contributed by atoms with E-state index in [4.69, 9.17) is 16.3 Å². The largest absolute Gasteiger partial charge is 0.507 e. The van der Waals surface area contributed by atoms with E-state index in [9.17, 15) is 9.90 Å². The highest BCUT2D eigenvalue weighted by atomic mass is 35.5. The highest BCUT2D eigenvalue weighted by Crippen LogP contribution is 2.27. The molecule has 1 unspecified atom stereocenters. The van der Waals surface area contributed by atoms with E-state index in [0.717, 1.165) is 19.3 Å². The molecule has 1 N–H and O–H groups in total. The summed E-state index contributed by atoms with van der Waals surface area (Å²) in [7, 11) is 1.53. The van der Waals surface area contributed by atoms with E-state index >= 15 is 0 Å². The summed E-state index contributed by atoms with van der Waals surface area (Å²) in [5, 5.41) is 9.85. The number of nitrogens with zero attached hydrogens (tertiary/aromatic N) is 1. The van der Waals surface area contributed by atoms with Crippen molar-refractivity contribution in [2.75, 3.05) is 19.5 Å². The number of halogens is 1. The molecule has 0 bridgehead atoms. The monoisotopic (exact) mass is 283 g/mol. The first kappa shape index (κ1) is 14.0. The van der Waals surface area contributed by atoms with Crippen molar-refractivity contribution < 1.29 is 14.6 Å². The zero-order valence-corrected chi connectivity index (χ0v) is 11.7.